The molecule has 5 rings (SSSR count). The van der Waals surface area contributed by atoms with E-state index in [2.05, 4.69) is 22.6 Å². The van der Waals surface area contributed by atoms with E-state index in [4.69, 9.17) is 14.2 Å². The zero-order chi connectivity index (χ0) is 16.5. The van der Waals surface area contributed by atoms with Crippen LogP contribution in [-0.2, 0) is 23.8 Å². The van der Waals surface area contributed by atoms with Crippen LogP contribution in [0.3, 0.4) is 0 Å². The molecule has 1 aromatic rings. The Kier molecular flexibility index (Phi) is 3.19. The minimum Gasteiger partial charge on any atom is -0.357 e. The first-order chi connectivity index (χ1) is 11.6. The molecule has 0 radical (unpaired) electrons. The minimum atomic E-state index is -0.990. The van der Waals surface area contributed by atoms with Crippen LogP contribution in [0, 0.1) is 15.4 Å². The largest absolute Gasteiger partial charge is 0.357 e. The number of anilines is 1. The topological polar surface area (TPSA) is 65.1 Å². The third-order valence-corrected chi connectivity index (χ3v) is 5.87. The monoisotopic (exact) mass is 439 g/mol. The smallest absolute Gasteiger partial charge is 0.241 e. The average Bonchev–Trinajstić information content (AvgIpc) is 3.33. The summed E-state index contributed by atoms with van der Waals surface area (Å²) in [5.41, 5.74) is -0.390. The van der Waals surface area contributed by atoms with Gasteiger partial charge in [0.05, 0.1) is 36.8 Å². The van der Waals surface area contributed by atoms with Crippen LogP contribution in [-0.4, -0.2) is 43.0 Å². The molecule has 4 atom stereocenters. The second-order valence-electron chi connectivity index (χ2n) is 6.36. The highest BCUT2D eigenvalue weighted by atomic mass is 127. The van der Waals surface area contributed by atoms with Gasteiger partial charge in [0.1, 0.15) is 0 Å². The summed E-state index contributed by atoms with van der Waals surface area (Å²) < 4.78 is 18.3. The van der Waals surface area contributed by atoms with Crippen molar-refractivity contribution >= 4 is 40.1 Å². The fourth-order valence-electron chi connectivity index (χ4n) is 4.17. The van der Waals surface area contributed by atoms with Gasteiger partial charge in [0.15, 0.2) is 11.9 Å². The van der Waals surface area contributed by atoms with Gasteiger partial charge >= 0.3 is 0 Å². The number of carbonyl (C=O) groups is 2. The Labute approximate surface area is 151 Å². The number of fused-ring (bicyclic) bond motifs is 5. The van der Waals surface area contributed by atoms with Crippen molar-refractivity contribution in [1.82, 2.24) is 0 Å². The van der Waals surface area contributed by atoms with Crippen molar-refractivity contribution in [2.24, 2.45) is 11.8 Å². The molecule has 0 aromatic heterocycles. The van der Waals surface area contributed by atoms with E-state index in [-0.39, 0.29) is 11.8 Å². The fourth-order valence-corrected chi connectivity index (χ4v) is 4.53. The van der Waals surface area contributed by atoms with E-state index in [9.17, 15) is 9.59 Å². The summed E-state index contributed by atoms with van der Waals surface area (Å²) in [6, 6.07) is 7.36. The summed E-state index contributed by atoms with van der Waals surface area (Å²) in [7, 11) is 0. The molecule has 7 heteroatoms. The highest BCUT2D eigenvalue weighted by molar-refractivity contribution is 14.1. The molecule has 0 spiro atoms. The molecular weight excluding hydrogens is 425 g/mol. The molecule has 3 saturated heterocycles. The maximum atomic E-state index is 13.1. The maximum Gasteiger partial charge on any atom is 0.241 e. The first-order valence-electron chi connectivity index (χ1n) is 7.85. The van der Waals surface area contributed by atoms with Crippen LogP contribution in [0.15, 0.2) is 36.4 Å². The number of benzene rings is 1. The molecule has 6 nitrogen and oxygen atoms in total. The van der Waals surface area contributed by atoms with Gasteiger partial charge in [-0.1, -0.05) is 6.08 Å². The normalized spacial score (nSPS) is 37.7. The van der Waals surface area contributed by atoms with Crippen molar-refractivity contribution in [3.8, 4) is 0 Å². The van der Waals surface area contributed by atoms with Crippen molar-refractivity contribution < 1.29 is 23.8 Å². The van der Waals surface area contributed by atoms with E-state index in [1.54, 1.807) is 12.1 Å². The van der Waals surface area contributed by atoms with Crippen molar-refractivity contribution in [2.45, 2.75) is 18.0 Å². The third-order valence-electron chi connectivity index (χ3n) is 5.15. The second-order valence-corrected chi connectivity index (χ2v) is 7.61. The van der Waals surface area contributed by atoms with Crippen molar-refractivity contribution in [3.05, 3.63) is 40.0 Å². The lowest BCUT2D eigenvalue weighted by Gasteiger charge is -2.32. The summed E-state index contributed by atoms with van der Waals surface area (Å²) in [6.07, 6.45) is 2.67. The lowest BCUT2D eigenvalue weighted by atomic mass is 9.76. The number of nitrogens with zero attached hydrogens (tertiary/aromatic N) is 1. The Bertz CT molecular complexity index is 757. The molecule has 124 valence electrons. The van der Waals surface area contributed by atoms with Crippen molar-refractivity contribution in [2.75, 3.05) is 18.1 Å². The van der Waals surface area contributed by atoms with Crippen LogP contribution in [0.5, 0.6) is 0 Å². The van der Waals surface area contributed by atoms with Gasteiger partial charge in [-0.05, 0) is 52.9 Å². The minimum absolute atomic E-state index is 0.208. The SMILES string of the molecule is O=C1[C@@H]2[C@@H](C(=O)N1c1ccc(I)cc1)[C@@]1(C3OCCO3)C=C[C@H]2O1. The van der Waals surface area contributed by atoms with Crippen LogP contribution in [0.2, 0.25) is 0 Å². The van der Waals surface area contributed by atoms with Gasteiger partial charge in [0.25, 0.3) is 0 Å². The van der Waals surface area contributed by atoms with Crippen molar-refractivity contribution in [1.29, 1.82) is 0 Å². The molecule has 4 aliphatic rings. The summed E-state index contributed by atoms with van der Waals surface area (Å²) in [5, 5.41) is 0. The number of imide groups is 1. The van der Waals surface area contributed by atoms with Crippen LogP contribution in [0.25, 0.3) is 0 Å². The fraction of sp³-hybridized carbons (Fsp3) is 0.412. The van der Waals surface area contributed by atoms with Gasteiger partial charge in [-0.15, -0.1) is 0 Å². The Hall–Kier alpha value is -1.29. The van der Waals surface area contributed by atoms with Gasteiger partial charge < -0.3 is 14.2 Å². The molecule has 2 amide bonds. The Balaban J connectivity index is 1.56. The van der Waals surface area contributed by atoms with Gasteiger partial charge in [-0.25, -0.2) is 4.90 Å². The molecule has 3 fully saturated rings. The molecule has 4 aliphatic heterocycles. The Morgan fingerprint density at radius 1 is 1.08 bits per heavy atom. The number of carbonyl (C=O) groups excluding carboxylic acids is 2. The zero-order valence-corrected chi connectivity index (χ0v) is 14.7. The lowest BCUT2D eigenvalue weighted by Crippen LogP contribution is -2.49. The molecule has 24 heavy (non-hydrogen) atoms. The average molecular weight is 439 g/mol. The molecule has 0 aliphatic carbocycles. The summed E-state index contributed by atoms with van der Waals surface area (Å²) in [4.78, 5) is 27.3. The lowest BCUT2D eigenvalue weighted by molar-refractivity contribution is -0.180. The predicted molar refractivity (Wildman–Crippen MR) is 91.1 cm³/mol. The molecular formula is C17H14INO5. The van der Waals surface area contributed by atoms with Crippen molar-refractivity contribution in [3.63, 3.8) is 0 Å². The second kappa shape index (κ2) is 5.10. The highest BCUT2D eigenvalue weighted by Crippen LogP contribution is 2.55. The van der Waals surface area contributed by atoms with E-state index in [0.29, 0.717) is 18.9 Å². The first-order valence-corrected chi connectivity index (χ1v) is 8.93. The predicted octanol–water partition coefficient (Wildman–Crippen LogP) is 1.48. The molecule has 0 N–H and O–H groups in total. The number of amides is 2. The van der Waals surface area contributed by atoms with E-state index < -0.39 is 29.8 Å². The standard InChI is InChI=1S/C17H14INO5/c18-9-1-3-10(4-2-9)19-14(20)12-11-5-6-17(24-11,13(12)15(19)21)16-22-7-8-23-16/h1-6,11-13,16H,7-8H2/t11-,12+,13+,17-/m1/s1. The van der Waals surface area contributed by atoms with Gasteiger partial charge in [0, 0.05) is 3.57 Å². The van der Waals surface area contributed by atoms with Crippen LogP contribution < -0.4 is 4.90 Å². The molecule has 0 saturated carbocycles. The van der Waals surface area contributed by atoms with Gasteiger partial charge in [-0.3, -0.25) is 9.59 Å². The van der Waals surface area contributed by atoms with E-state index in [1.807, 2.05) is 24.3 Å². The van der Waals surface area contributed by atoms with Crippen LogP contribution in [0.1, 0.15) is 0 Å². The first kappa shape index (κ1) is 15.0. The highest BCUT2D eigenvalue weighted by Gasteiger charge is 2.71. The number of halogens is 1. The maximum absolute atomic E-state index is 13.1. The number of ether oxygens (including phenoxy) is 3. The number of hydrogen-bond acceptors (Lipinski definition) is 5. The summed E-state index contributed by atoms with van der Waals surface area (Å²) in [6.45, 7) is 0.934. The van der Waals surface area contributed by atoms with E-state index >= 15 is 0 Å². The third kappa shape index (κ3) is 1.81. The van der Waals surface area contributed by atoms with Crippen LogP contribution >= 0.6 is 22.6 Å². The summed E-state index contributed by atoms with van der Waals surface area (Å²) in [5.74, 6) is -1.55. The number of hydrogen-bond donors (Lipinski definition) is 0. The Morgan fingerprint density at radius 3 is 2.50 bits per heavy atom. The molecule has 4 heterocycles. The molecule has 2 bridgehead atoms. The molecule has 0 unspecified atom stereocenters. The zero-order valence-electron chi connectivity index (χ0n) is 12.6. The Morgan fingerprint density at radius 2 is 1.79 bits per heavy atom. The quantitative estimate of drug-likeness (QED) is 0.397. The molecule has 1 aromatic carbocycles. The number of rotatable bonds is 2. The van der Waals surface area contributed by atoms with Gasteiger partial charge in [-0.2, -0.15) is 0 Å². The van der Waals surface area contributed by atoms with Gasteiger partial charge in [0.2, 0.25) is 11.8 Å². The van der Waals surface area contributed by atoms with E-state index in [1.165, 1.54) is 4.90 Å². The van der Waals surface area contributed by atoms with E-state index in [0.717, 1.165) is 3.57 Å². The van der Waals surface area contributed by atoms with Crippen LogP contribution in [0.4, 0.5) is 5.69 Å². The summed E-state index contributed by atoms with van der Waals surface area (Å²) >= 11 is 2.19.